The smallest absolute Gasteiger partial charge is 0.290 e. The van der Waals surface area contributed by atoms with Gasteiger partial charge < -0.3 is 5.73 Å². The number of aromatic nitrogens is 2. The third-order valence-corrected chi connectivity index (χ3v) is 3.23. The minimum Gasteiger partial charge on any atom is -0.393 e. The van der Waals surface area contributed by atoms with Crippen molar-refractivity contribution < 1.29 is 4.39 Å². The highest BCUT2D eigenvalue weighted by molar-refractivity contribution is 5.41. The van der Waals surface area contributed by atoms with Gasteiger partial charge in [-0.2, -0.15) is 0 Å². The molecule has 0 saturated carbocycles. The summed E-state index contributed by atoms with van der Waals surface area (Å²) in [6.07, 6.45) is 0.699. The van der Waals surface area contributed by atoms with Crippen LogP contribution in [-0.2, 0) is 19.5 Å². The molecule has 1 aromatic carbocycles. The molecule has 5 heteroatoms. The van der Waals surface area contributed by atoms with Gasteiger partial charge in [-0.1, -0.05) is 19.1 Å². The highest BCUT2D eigenvalue weighted by Crippen LogP contribution is 2.12. The van der Waals surface area contributed by atoms with Gasteiger partial charge in [0.05, 0.1) is 12.2 Å². The molecular formula is C14H18FN3O. The van der Waals surface area contributed by atoms with E-state index in [2.05, 4.69) is 0 Å². The molecule has 0 saturated heterocycles. The highest BCUT2D eigenvalue weighted by atomic mass is 19.1. The van der Waals surface area contributed by atoms with Crippen molar-refractivity contribution in [3.05, 3.63) is 51.7 Å². The van der Waals surface area contributed by atoms with Gasteiger partial charge in [0, 0.05) is 6.54 Å². The van der Waals surface area contributed by atoms with Crippen LogP contribution in [0.2, 0.25) is 0 Å². The van der Waals surface area contributed by atoms with Crippen molar-refractivity contribution in [3.8, 4) is 0 Å². The van der Waals surface area contributed by atoms with Crippen molar-refractivity contribution in [2.24, 2.45) is 0 Å². The summed E-state index contributed by atoms with van der Waals surface area (Å²) in [7, 11) is 0. The predicted molar refractivity (Wildman–Crippen MR) is 73.7 cm³/mol. The normalized spacial score (nSPS) is 10.9. The molecule has 0 amide bonds. The van der Waals surface area contributed by atoms with Crippen molar-refractivity contribution in [1.82, 2.24) is 9.36 Å². The first-order valence-corrected chi connectivity index (χ1v) is 6.40. The summed E-state index contributed by atoms with van der Waals surface area (Å²) >= 11 is 0. The molecule has 0 aliphatic carbocycles. The van der Waals surface area contributed by atoms with Crippen molar-refractivity contribution in [3.63, 3.8) is 0 Å². The van der Waals surface area contributed by atoms with E-state index in [9.17, 15) is 9.18 Å². The third kappa shape index (κ3) is 2.41. The first kappa shape index (κ1) is 13.4. The molecule has 2 aromatic rings. The quantitative estimate of drug-likeness (QED) is 0.917. The Hall–Kier alpha value is -2.04. The fourth-order valence-electron chi connectivity index (χ4n) is 2.36. The molecule has 102 valence electrons. The van der Waals surface area contributed by atoms with E-state index in [4.69, 9.17) is 5.73 Å². The molecular weight excluding hydrogens is 245 g/mol. The summed E-state index contributed by atoms with van der Waals surface area (Å²) in [5.74, 6) is -0.302. The molecule has 2 rings (SSSR count). The van der Waals surface area contributed by atoms with Crippen molar-refractivity contribution in [2.45, 2.75) is 33.4 Å². The number of hydrogen-bond donors (Lipinski definition) is 1. The Morgan fingerprint density at radius 1 is 1.26 bits per heavy atom. The Morgan fingerprint density at radius 3 is 2.58 bits per heavy atom. The Kier molecular flexibility index (Phi) is 3.74. The van der Waals surface area contributed by atoms with Crippen LogP contribution in [0.3, 0.4) is 0 Å². The standard InChI is InChI=1S/C14H18FN3O/c1-3-12-13(16)14(19)18(17(12)4-2)9-10-6-5-7-11(15)8-10/h5-8H,3-4,9,16H2,1-2H3. The summed E-state index contributed by atoms with van der Waals surface area (Å²) in [4.78, 5) is 12.1. The molecule has 0 aliphatic heterocycles. The summed E-state index contributed by atoms with van der Waals surface area (Å²) in [6.45, 7) is 4.91. The van der Waals surface area contributed by atoms with E-state index in [0.29, 0.717) is 25.2 Å². The lowest BCUT2D eigenvalue weighted by atomic mass is 10.2. The van der Waals surface area contributed by atoms with Crippen LogP contribution in [0.1, 0.15) is 25.1 Å². The number of nitrogens with two attached hydrogens (primary N) is 1. The van der Waals surface area contributed by atoms with Gasteiger partial charge in [0.1, 0.15) is 11.5 Å². The average molecular weight is 263 g/mol. The maximum Gasteiger partial charge on any atom is 0.290 e. The van der Waals surface area contributed by atoms with Gasteiger partial charge in [-0.3, -0.25) is 9.48 Å². The molecule has 1 heterocycles. The van der Waals surface area contributed by atoms with E-state index in [0.717, 1.165) is 11.3 Å². The molecule has 0 aliphatic rings. The molecule has 1 aromatic heterocycles. The maximum atomic E-state index is 13.2. The van der Waals surface area contributed by atoms with E-state index in [-0.39, 0.29) is 11.4 Å². The van der Waals surface area contributed by atoms with Crippen LogP contribution in [0.5, 0.6) is 0 Å². The minimum atomic E-state index is -0.302. The summed E-state index contributed by atoms with van der Waals surface area (Å²) in [5.41, 5.74) is 7.52. The monoisotopic (exact) mass is 263 g/mol. The Bertz CT molecular complexity index is 643. The fourth-order valence-corrected chi connectivity index (χ4v) is 2.36. The average Bonchev–Trinajstić information content (AvgIpc) is 2.62. The van der Waals surface area contributed by atoms with Crippen LogP contribution >= 0.6 is 0 Å². The first-order chi connectivity index (χ1) is 9.08. The lowest BCUT2D eigenvalue weighted by Gasteiger charge is -2.12. The number of halogens is 1. The second-order valence-corrected chi connectivity index (χ2v) is 4.42. The summed E-state index contributed by atoms with van der Waals surface area (Å²) in [5, 5.41) is 0. The van der Waals surface area contributed by atoms with Gasteiger partial charge in [0.15, 0.2) is 0 Å². The molecule has 4 nitrogen and oxygen atoms in total. The van der Waals surface area contributed by atoms with Gasteiger partial charge in [-0.25, -0.2) is 9.07 Å². The van der Waals surface area contributed by atoms with E-state index in [1.165, 1.54) is 12.1 Å². The van der Waals surface area contributed by atoms with E-state index < -0.39 is 0 Å². The van der Waals surface area contributed by atoms with E-state index >= 15 is 0 Å². The Morgan fingerprint density at radius 2 is 2.00 bits per heavy atom. The molecule has 0 fully saturated rings. The first-order valence-electron chi connectivity index (χ1n) is 6.40. The summed E-state index contributed by atoms with van der Waals surface area (Å²) in [6, 6.07) is 6.25. The third-order valence-electron chi connectivity index (χ3n) is 3.23. The van der Waals surface area contributed by atoms with Crippen molar-refractivity contribution >= 4 is 5.69 Å². The Labute approximate surface area is 111 Å². The number of nitrogen functional groups attached to an aromatic ring is 1. The Balaban J connectivity index is 2.48. The SMILES string of the molecule is CCc1c(N)c(=O)n(Cc2cccc(F)c2)n1CC. The zero-order valence-corrected chi connectivity index (χ0v) is 11.2. The van der Waals surface area contributed by atoms with Gasteiger partial charge in [-0.05, 0) is 31.0 Å². The van der Waals surface area contributed by atoms with Crippen molar-refractivity contribution in [2.75, 3.05) is 5.73 Å². The second-order valence-electron chi connectivity index (χ2n) is 4.42. The molecule has 0 bridgehead atoms. The van der Waals surface area contributed by atoms with Gasteiger partial charge in [0.25, 0.3) is 5.56 Å². The zero-order chi connectivity index (χ0) is 14.0. The second kappa shape index (κ2) is 5.30. The largest absolute Gasteiger partial charge is 0.393 e. The van der Waals surface area contributed by atoms with Crippen molar-refractivity contribution in [1.29, 1.82) is 0 Å². The lowest BCUT2D eigenvalue weighted by Crippen LogP contribution is -2.24. The van der Waals surface area contributed by atoms with Gasteiger partial charge >= 0.3 is 0 Å². The molecule has 0 unspecified atom stereocenters. The number of anilines is 1. The van der Waals surface area contributed by atoms with Crippen LogP contribution in [0.25, 0.3) is 0 Å². The number of nitrogens with zero attached hydrogens (tertiary/aromatic N) is 2. The predicted octanol–water partition coefficient (Wildman–Crippen LogP) is 2.00. The maximum absolute atomic E-state index is 13.2. The van der Waals surface area contributed by atoms with Gasteiger partial charge in [0.2, 0.25) is 0 Å². The van der Waals surface area contributed by atoms with E-state index in [1.807, 2.05) is 18.5 Å². The number of benzene rings is 1. The van der Waals surface area contributed by atoms with Gasteiger partial charge in [-0.15, -0.1) is 0 Å². The van der Waals surface area contributed by atoms with Crippen LogP contribution in [0.15, 0.2) is 29.1 Å². The zero-order valence-electron chi connectivity index (χ0n) is 11.2. The van der Waals surface area contributed by atoms with Crippen LogP contribution in [0, 0.1) is 5.82 Å². The number of rotatable bonds is 4. The lowest BCUT2D eigenvalue weighted by molar-refractivity contribution is 0.473. The minimum absolute atomic E-state index is 0.206. The molecule has 0 atom stereocenters. The molecule has 19 heavy (non-hydrogen) atoms. The van der Waals surface area contributed by atoms with Crippen LogP contribution in [-0.4, -0.2) is 9.36 Å². The highest BCUT2D eigenvalue weighted by Gasteiger charge is 2.15. The summed E-state index contributed by atoms with van der Waals surface area (Å²) < 4.78 is 16.6. The molecule has 0 spiro atoms. The number of hydrogen-bond acceptors (Lipinski definition) is 2. The topological polar surface area (TPSA) is 53.0 Å². The fraction of sp³-hybridized carbons (Fsp3) is 0.357. The van der Waals surface area contributed by atoms with E-state index in [1.54, 1.807) is 16.8 Å². The van der Waals surface area contributed by atoms with Crippen LogP contribution in [0.4, 0.5) is 10.1 Å². The van der Waals surface area contributed by atoms with Crippen LogP contribution < -0.4 is 11.3 Å². The molecule has 0 radical (unpaired) electrons. The molecule has 2 N–H and O–H groups in total.